The monoisotopic (exact) mass is 360 g/mol. The number of hydrogen-bond donors (Lipinski definition) is 2. The van der Waals surface area contributed by atoms with Crippen LogP contribution in [0.3, 0.4) is 0 Å². The normalized spacial score (nSPS) is 10.7. The van der Waals surface area contributed by atoms with Gasteiger partial charge >= 0.3 is 6.61 Å². The van der Waals surface area contributed by atoms with Gasteiger partial charge in [-0.1, -0.05) is 23.7 Å². The second-order valence-electron chi connectivity index (χ2n) is 4.46. The first-order valence-electron chi connectivity index (χ1n) is 6.80. The van der Waals surface area contributed by atoms with Crippen LogP contribution in [0.2, 0.25) is 5.02 Å². The molecule has 1 aromatic carbocycles. The van der Waals surface area contributed by atoms with E-state index in [9.17, 15) is 8.78 Å². The van der Waals surface area contributed by atoms with E-state index in [1.54, 1.807) is 29.1 Å². The Kier molecular flexibility index (Phi) is 6.12. The topological polar surface area (TPSA) is 51.1 Å². The number of nitrogens with one attached hydrogen (secondary N) is 2. The van der Waals surface area contributed by atoms with Crippen molar-refractivity contribution >= 4 is 34.6 Å². The minimum Gasteiger partial charge on any atom is -0.433 e. The molecule has 0 bridgehead atoms. The number of alkyl halides is 2. The van der Waals surface area contributed by atoms with E-state index in [1.807, 2.05) is 6.92 Å². The van der Waals surface area contributed by atoms with E-state index in [2.05, 4.69) is 20.5 Å². The van der Waals surface area contributed by atoms with E-state index < -0.39 is 6.61 Å². The van der Waals surface area contributed by atoms with Crippen LogP contribution in [0.1, 0.15) is 12.6 Å². The Balaban J connectivity index is 1.96. The largest absolute Gasteiger partial charge is 0.433 e. The zero-order valence-electron chi connectivity index (χ0n) is 12.2. The molecule has 2 N–H and O–H groups in total. The molecule has 0 aliphatic carbocycles. The fraction of sp³-hybridized carbons (Fsp3) is 0.286. The summed E-state index contributed by atoms with van der Waals surface area (Å²) in [4.78, 5) is 0. The summed E-state index contributed by atoms with van der Waals surface area (Å²) >= 11 is 11.2. The van der Waals surface area contributed by atoms with Gasteiger partial charge in [0.25, 0.3) is 0 Å². The van der Waals surface area contributed by atoms with Crippen molar-refractivity contribution in [3.63, 3.8) is 0 Å². The summed E-state index contributed by atoms with van der Waals surface area (Å²) in [6, 6.07) is 6.29. The first kappa shape index (κ1) is 17.4. The number of ether oxygens (including phenoxy) is 1. The first-order chi connectivity index (χ1) is 11.0. The molecule has 23 heavy (non-hydrogen) atoms. The van der Waals surface area contributed by atoms with Gasteiger partial charge in [-0.25, -0.2) is 0 Å². The number of para-hydroxylation sites is 2. The number of aryl methyl sites for hydroxylation is 1. The number of aromatic nitrogens is 2. The fourth-order valence-electron chi connectivity index (χ4n) is 1.82. The van der Waals surface area contributed by atoms with Gasteiger partial charge in [0, 0.05) is 12.7 Å². The molecule has 2 rings (SSSR count). The average Bonchev–Trinajstić information content (AvgIpc) is 2.87. The smallest absolute Gasteiger partial charge is 0.387 e. The van der Waals surface area contributed by atoms with Gasteiger partial charge in [0.15, 0.2) is 5.11 Å². The molecule has 0 radical (unpaired) electrons. The van der Waals surface area contributed by atoms with Crippen molar-refractivity contribution < 1.29 is 13.5 Å². The highest BCUT2D eigenvalue weighted by Gasteiger charge is 2.11. The van der Waals surface area contributed by atoms with E-state index in [1.165, 1.54) is 6.07 Å². The lowest BCUT2D eigenvalue weighted by Gasteiger charge is -2.13. The lowest BCUT2D eigenvalue weighted by Crippen LogP contribution is -2.28. The Labute approximate surface area is 142 Å². The van der Waals surface area contributed by atoms with Crippen LogP contribution >= 0.6 is 23.8 Å². The number of anilines is 1. The third-order valence-corrected chi connectivity index (χ3v) is 3.44. The van der Waals surface area contributed by atoms with E-state index >= 15 is 0 Å². The minimum absolute atomic E-state index is 0.0138. The zero-order valence-corrected chi connectivity index (χ0v) is 13.8. The molecule has 0 atom stereocenters. The lowest BCUT2D eigenvalue weighted by molar-refractivity contribution is -0.0493. The lowest BCUT2D eigenvalue weighted by atomic mass is 10.3. The van der Waals surface area contributed by atoms with Crippen molar-refractivity contribution in [1.82, 2.24) is 15.1 Å². The Morgan fingerprint density at radius 3 is 2.83 bits per heavy atom. The second-order valence-corrected chi connectivity index (χ2v) is 5.28. The average molecular weight is 361 g/mol. The third-order valence-electron chi connectivity index (χ3n) is 2.88. The molecular formula is C14H15ClF2N4OS. The predicted octanol–water partition coefficient (Wildman–Crippen LogP) is 3.64. The third kappa shape index (κ3) is 5.04. The van der Waals surface area contributed by atoms with Crippen LogP contribution in [0.4, 0.5) is 14.5 Å². The maximum Gasteiger partial charge on any atom is 0.387 e. The summed E-state index contributed by atoms with van der Waals surface area (Å²) in [7, 11) is 0. The molecule has 0 amide bonds. The van der Waals surface area contributed by atoms with Gasteiger partial charge in [-0.3, -0.25) is 4.68 Å². The summed E-state index contributed by atoms with van der Waals surface area (Å²) in [6.07, 6.45) is 1.72. The Morgan fingerprint density at radius 1 is 1.43 bits per heavy atom. The summed E-state index contributed by atoms with van der Waals surface area (Å²) in [5, 5.41) is 10.8. The van der Waals surface area contributed by atoms with Crippen molar-refractivity contribution in [3.05, 3.63) is 41.2 Å². The van der Waals surface area contributed by atoms with Crippen molar-refractivity contribution in [1.29, 1.82) is 0 Å². The second kappa shape index (κ2) is 8.07. The molecule has 0 spiro atoms. The van der Waals surface area contributed by atoms with Crippen LogP contribution < -0.4 is 15.4 Å². The Bertz CT molecular complexity index is 681. The van der Waals surface area contributed by atoms with Crippen LogP contribution in [0.5, 0.6) is 5.75 Å². The molecule has 9 heteroatoms. The van der Waals surface area contributed by atoms with Crippen LogP contribution in [-0.4, -0.2) is 21.5 Å². The first-order valence-corrected chi connectivity index (χ1v) is 7.58. The highest BCUT2D eigenvalue weighted by atomic mass is 35.5. The zero-order chi connectivity index (χ0) is 16.8. The summed E-state index contributed by atoms with van der Waals surface area (Å²) in [5.41, 5.74) is 0.991. The minimum atomic E-state index is -2.91. The standard InChI is InChI=1S/C14H15ClF2N4OS/c1-2-21-8-9(15)11(20-21)7-18-14(23)19-10-5-3-4-6-12(10)22-13(16)17/h3-6,8,13H,2,7H2,1H3,(H2,18,19,23). The molecule has 0 aliphatic heterocycles. The SMILES string of the molecule is CCn1cc(Cl)c(CNC(=S)Nc2ccccc2OC(F)F)n1. The van der Waals surface area contributed by atoms with Gasteiger partial charge in [-0.05, 0) is 31.3 Å². The van der Waals surface area contributed by atoms with Gasteiger partial charge < -0.3 is 15.4 Å². The van der Waals surface area contributed by atoms with E-state index in [-0.39, 0.29) is 10.9 Å². The van der Waals surface area contributed by atoms with Gasteiger partial charge in [0.05, 0.1) is 17.3 Å². The molecule has 2 aromatic rings. The number of rotatable bonds is 6. The summed E-state index contributed by atoms with van der Waals surface area (Å²) in [5.74, 6) is 0.0138. The highest BCUT2D eigenvalue weighted by Crippen LogP contribution is 2.25. The Hall–Kier alpha value is -1.93. The molecule has 0 aliphatic rings. The maximum absolute atomic E-state index is 12.4. The van der Waals surface area contributed by atoms with Crippen LogP contribution in [0, 0.1) is 0 Å². The number of hydrogen-bond acceptors (Lipinski definition) is 3. The van der Waals surface area contributed by atoms with Gasteiger partial charge in [-0.15, -0.1) is 0 Å². The summed E-state index contributed by atoms with van der Waals surface area (Å²) in [6.45, 7) is 0.0690. The number of halogens is 3. The van der Waals surface area contributed by atoms with E-state index in [4.69, 9.17) is 23.8 Å². The van der Waals surface area contributed by atoms with E-state index in [0.29, 0.717) is 29.5 Å². The fourth-order valence-corrected chi connectivity index (χ4v) is 2.22. The van der Waals surface area contributed by atoms with Crippen molar-refractivity contribution in [3.8, 4) is 5.75 Å². The molecule has 0 unspecified atom stereocenters. The predicted molar refractivity (Wildman–Crippen MR) is 89.0 cm³/mol. The number of benzene rings is 1. The van der Waals surface area contributed by atoms with Crippen LogP contribution in [-0.2, 0) is 13.1 Å². The van der Waals surface area contributed by atoms with Crippen molar-refractivity contribution in [2.75, 3.05) is 5.32 Å². The summed E-state index contributed by atoms with van der Waals surface area (Å²) < 4.78 is 30.9. The molecule has 0 fully saturated rings. The number of thiocarbonyl (C=S) groups is 1. The number of nitrogens with zero attached hydrogens (tertiary/aromatic N) is 2. The molecule has 0 saturated heterocycles. The van der Waals surface area contributed by atoms with Crippen molar-refractivity contribution in [2.24, 2.45) is 0 Å². The highest BCUT2D eigenvalue weighted by molar-refractivity contribution is 7.80. The Morgan fingerprint density at radius 2 is 2.17 bits per heavy atom. The van der Waals surface area contributed by atoms with Gasteiger partial charge in [0.1, 0.15) is 11.4 Å². The molecule has 1 heterocycles. The quantitative estimate of drug-likeness (QED) is 0.770. The van der Waals surface area contributed by atoms with Crippen molar-refractivity contribution in [2.45, 2.75) is 26.6 Å². The van der Waals surface area contributed by atoms with Gasteiger partial charge in [0.2, 0.25) is 0 Å². The molecule has 124 valence electrons. The van der Waals surface area contributed by atoms with Gasteiger partial charge in [-0.2, -0.15) is 13.9 Å². The molecule has 0 saturated carbocycles. The molecule has 5 nitrogen and oxygen atoms in total. The van der Waals surface area contributed by atoms with E-state index in [0.717, 1.165) is 0 Å². The van der Waals surface area contributed by atoms with Crippen LogP contribution in [0.15, 0.2) is 30.5 Å². The molecule has 1 aromatic heterocycles. The molecular weight excluding hydrogens is 346 g/mol. The van der Waals surface area contributed by atoms with Crippen LogP contribution in [0.25, 0.3) is 0 Å². The maximum atomic E-state index is 12.4.